The maximum atomic E-state index is 14.0. The van der Waals surface area contributed by atoms with Crippen molar-refractivity contribution in [2.24, 2.45) is 11.8 Å². The Kier molecular flexibility index (Phi) is 6.78. The number of hydrogen-bond acceptors (Lipinski definition) is 5. The lowest BCUT2D eigenvalue weighted by Gasteiger charge is -2.34. The molecule has 2 aromatic rings. The monoisotopic (exact) mass is 527 g/mol. The lowest BCUT2D eigenvalue weighted by Crippen LogP contribution is -2.51. The molecule has 0 saturated carbocycles. The molecule has 2 unspecified atom stereocenters. The summed E-state index contributed by atoms with van der Waals surface area (Å²) in [6.07, 6.45) is 2.56. The van der Waals surface area contributed by atoms with Crippen LogP contribution >= 0.6 is 23.4 Å². The molecule has 0 aliphatic carbocycles. The molecular formula is C27H30ClN3O4S. The largest absolute Gasteiger partial charge is 0.396 e. The first-order chi connectivity index (χ1) is 17.3. The number of aliphatic hydroxyl groups is 1. The Balaban J connectivity index is 1.48. The van der Waals surface area contributed by atoms with Crippen LogP contribution in [0.4, 0.5) is 11.4 Å². The van der Waals surface area contributed by atoms with Crippen molar-refractivity contribution in [2.75, 3.05) is 23.8 Å². The van der Waals surface area contributed by atoms with Gasteiger partial charge in [0, 0.05) is 34.3 Å². The number of nitrogens with one attached hydrogen (secondary N) is 2. The standard InChI is InChI=1S/C27H30ClN3O4S/c1-26-13-14-27(36-26)21(20(26)23(33)29-18-7-3-2-4-8-18)25(35)31(15-5-6-16-32)22(27)24(34)30-19-11-9-17(28)10-12-19/h2-4,7-12,20-22,32H,5-6,13-16H2,1H3,(H,29,33)(H,30,34)/t20-,21-,22?,26+,27?/m0/s1. The zero-order valence-corrected chi connectivity index (χ0v) is 21.6. The van der Waals surface area contributed by atoms with E-state index in [-0.39, 0.29) is 24.3 Å². The molecule has 0 aromatic heterocycles. The average Bonchev–Trinajstić information content (AvgIpc) is 3.42. The third-order valence-corrected chi connectivity index (χ3v) is 10.0. The average molecular weight is 528 g/mol. The summed E-state index contributed by atoms with van der Waals surface area (Å²) in [5.74, 6) is -1.70. The fraction of sp³-hybridized carbons (Fsp3) is 0.444. The molecule has 2 aromatic carbocycles. The Morgan fingerprint density at radius 3 is 2.39 bits per heavy atom. The van der Waals surface area contributed by atoms with Gasteiger partial charge in [0.05, 0.1) is 16.6 Å². The van der Waals surface area contributed by atoms with E-state index in [9.17, 15) is 19.5 Å². The molecule has 5 rings (SSSR count). The molecule has 3 fully saturated rings. The van der Waals surface area contributed by atoms with Crippen molar-refractivity contribution in [3.05, 3.63) is 59.6 Å². The van der Waals surface area contributed by atoms with Crippen LogP contribution in [0.5, 0.6) is 0 Å². The van der Waals surface area contributed by atoms with E-state index in [1.807, 2.05) is 30.3 Å². The number of halogens is 1. The van der Waals surface area contributed by atoms with E-state index >= 15 is 0 Å². The van der Waals surface area contributed by atoms with Gasteiger partial charge in [-0.2, -0.15) is 0 Å². The zero-order valence-electron chi connectivity index (χ0n) is 20.1. The highest BCUT2D eigenvalue weighted by Crippen LogP contribution is 2.71. The lowest BCUT2D eigenvalue weighted by molar-refractivity contribution is -0.139. The second-order valence-corrected chi connectivity index (χ2v) is 12.4. The lowest BCUT2D eigenvalue weighted by atomic mass is 9.66. The molecule has 7 nitrogen and oxygen atoms in total. The highest BCUT2D eigenvalue weighted by Gasteiger charge is 2.77. The molecule has 3 amide bonds. The van der Waals surface area contributed by atoms with Gasteiger partial charge in [-0.3, -0.25) is 14.4 Å². The maximum absolute atomic E-state index is 14.0. The van der Waals surface area contributed by atoms with Gasteiger partial charge in [0.1, 0.15) is 6.04 Å². The molecule has 9 heteroatoms. The van der Waals surface area contributed by atoms with E-state index in [2.05, 4.69) is 17.6 Å². The van der Waals surface area contributed by atoms with Crippen molar-refractivity contribution in [1.82, 2.24) is 4.90 Å². The van der Waals surface area contributed by atoms with E-state index in [4.69, 9.17) is 11.6 Å². The van der Waals surface area contributed by atoms with Gasteiger partial charge in [0.15, 0.2) is 0 Å². The van der Waals surface area contributed by atoms with E-state index in [0.717, 1.165) is 6.42 Å². The van der Waals surface area contributed by atoms with Crippen molar-refractivity contribution >= 4 is 52.5 Å². The third-order valence-electron chi connectivity index (χ3n) is 7.77. The summed E-state index contributed by atoms with van der Waals surface area (Å²) in [4.78, 5) is 43.0. The van der Waals surface area contributed by atoms with Crippen LogP contribution in [0.15, 0.2) is 54.6 Å². The number of para-hydroxylation sites is 1. The van der Waals surface area contributed by atoms with Gasteiger partial charge in [-0.15, -0.1) is 11.8 Å². The Morgan fingerprint density at radius 2 is 1.69 bits per heavy atom. The normalized spacial score (nSPS) is 30.4. The summed E-state index contributed by atoms with van der Waals surface area (Å²) in [7, 11) is 0. The predicted molar refractivity (Wildman–Crippen MR) is 142 cm³/mol. The van der Waals surface area contributed by atoms with Gasteiger partial charge in [0.25, 0.3) is 0 Å². The number of fused-ring (bicyclic) bond motifs is 1. The molecule has 0 radical (unpaired) electrons. The van der Waals surface area contributed by atoms with Gasteiger partial charge >= 0.3 is 0 Å². The van der Waals surface area contributed by atoms with Crippen molar-refractivity contribution in [3.63, 3.8) is 0 Å². The zero-order chi connectivity index (χ0) is 25.5. The molecule has 2 bridgehead atoms. The summed E-state index contributed by atoms with van der Waals surface area (Å²) in [5, 5.41) is 15.9. The van der Waals surface area contributed by atoms with Crippen LogP contribution in [0.3, 0.4) is 0 Å². The molecule has 3 saturated heterocycles. The molecule has 5 atom stereocenters. The van der Waals surface area contributed by atoms with E-state index in [0.29, 0.717) is 42.2 Å². The topological polar surface area (TPSA) is 98.7 Å². The number of likely N-dealkylation sites (tertiary alicyclic amines) is 1. The summed E-state index contributed by atoms with van der Waals surface area (Å²) < 4.78 is -1.12. The number of carbonyl (C=O) groups is 3. The number of rotatable bonds is 8. The quantitative estimate of drug-likeness (QED) is 0.447. The van der Waals surface area contributed by atoms with Crippen molar-refractivity contribution < 1.29 is 19.5 Å². The second kappa shape index (κ2) is 9.72. The third kappa shape index (κ3) is 4.19. The summed E-state index contributed by atoms with van der Waals surface area (Å²) >= 11 is 7.64. The number of anilines is 2. The highest BCUT2D eigenvalue weighted by molar-refractivity contribution is 8.02. The van der Waals surface area contributed by atoms with E-state index < -0.39 is 27.4 Å². The number of carbonyl (C=O) groups excluding carboxylic acids is 3. The summed E-state index contributed by atoms with van der Waals surface area (Å²) in [5.41, 5.74) is 1.30. The Labute approximate surface area is 220 Å². The predicted octanol–water partition coefficient (Wildman–Crippen LogP) is 4.17. The number of thioether (sulfide) groups is 1. The smallest absolute Gasteiger partial charge is 0.248 e. The van der Waals surface area contributed by atoms with Crippen LogP contribution in [0.2, 0.25) is 5.02 Å². The first kappa shape index (κ1) is 25.1. The van der Waals surface area contributed by atoms with E-state index in [1.165, 1.54) is 0 Å². The minimum Gasteiger partial charge on any atom is -0.396 e. The fourth-order valence-electron chi connectivity index (χ4n) is 6.25. The minimum absolute atomic E-state index is 0.0210. The molecule has 3 heterocycles. The van der Waals surface area contributed by atoms with Crippen molar-refractivity contribution in [2.45, 2.75) is 48.1 Å². The number of amides is 3. The van der Waals surface area contributed by atoms with Crippen molar-refractivity contribution in [1.29, 1.82) is 0 Å². The molecule has 3 aliphatic rings. The maximum Gasteiger partial charge on any atom is 0.248 e. The van der Waals surface area contributed by atoms with Crippen LogP contribution in [0.1, 0.15) is 32.6 Å². The van der Waals surface area contributed by atoms with Crippen LogP contribution in [-0.2, 0) is 14.4 Å². The van der Waals surface area contributed by atoms with Gasteiger partial charge in [-0.05, 0) is 69.0 Å². The number of hydrogen-bond donors (Lipinski definition) is 3. The van der Waals surface area contributed by atoms with Crippen LogP contribution < -0.4 is 10.6 Å². The fourth-order valence-corrected chi connectivity index (χ4v) is 8.73. The molecular weight excluding hydrogens is 498 g/mol. The van der Waals surface area contributed by atoms with Gasteiger partial charge < -0.3 is 20.6 Å². The van der Waals surface area contributed by atoms with Gasteiger partial charge in [-0.1, -0.05) is 29.8 Å². The molecule has 36 heavy (non-hydrogen) atoms. The molecule has 3 aliphatic heterocycles. The first-order valence-electron chi connectivity index (χ1n) is 12.3. The Bertz CT molecular complexity index is 1160. The Morgan fingerprint density at radius 1 is 1.03 bits per heavy atom. The van der Waals surface area contributed by atoms with Gasteiger partial charge in [0.2, 0.25) is 17.7 Å². The number of unbranched alkanes of at least 4 members (excludes halogenated alkanes) is 1. The van der Waals surface area contributed by atoms with Crippen LogP contribution in [0.25, 0.3) is 0 Å². The molecule has 190 valence electrons. The first-order valence-corrected chi connectivity index (χ1v) is 13.5. The summed E-state index contributed by atoms with van der Waals surface area (Å²) in [6, 6.07) is 15.4. The number of benzene rings is 2. The van der Waals surface area contributed by atoms with E-state index in [1.54, 1.807) is 40.9 Å². The number of aliphatic hydroxyl groups excluding tert-OH is 1. The van der Waals surface area contributed by atoms with Crippen LogP contribution in [-0.4, -0.2) is 56.4 Å². The highest BCUT2D eigenvalue weighted by atomic mass is 35.5. The number of nitrogens with zero attached hydrogens (tertiary/aromatic N) is 1. The SMILES string of the molecule is C[C@]12CCC3(S1)C(C(=O)Nc1ccc(Cl)cc1)N(CCCCO)C(=O)[C@@H]3[C@H]2C(=O)Nc1ccccc1. The molecule has 3 N–H and O–H groups in total. The Hall–Kier alpha value is -2.55. The summed E-state index contributed by atoms with van der Waals surface area (Å²) in [6.45, 7) is 2.44. The van der Waals surface area contributed by atoms with Crippen molar-refractivity contribution in [3.8, 4) is 0 Å². The minimum atomic E-state index is -0.703. The second-order valence-electron chi connectivity index (χ2n) is 10.0. The van der Waals surface area contributed by atoms with Crippen LogP contribution in [0, 0.1) is 11.8 Å². The molecule has 1 spiro atoms. The van der Waals surface area contributed by atoms with Gasteiger partial charge in [-0.25, -0.2) is 0 Å².